The van der Waals surface area contributed by atoms with Gasteiger partial charge in [0.15, 0.2) is 6.10 Å². The molecule has 0 aromatic carbocycles. The van der Waals surface area contributed by atoms with E-state index in [4.69, 9.17) is 14.2 Å². The van der Waals surface area contributed by atoms with Crippen molar-refractivity contribution < 1.29 is 28.6 Å². The second-order valence-electron chi connectivity index (χ2n) is 17.4. The second kappa shape index (κ2) is 51.5. The number of hydrogen-bond acceptors (Lipinski definition) is 6. The van der Waals surface area contributed by atoms with Crippen LogP contribution in [0.2, 0.25) is 0 Å². The minimum absolute atomic E-state index is 0.0880. The molecule has 0 aromatic rings. The summed E-state index contributed by atoms with van der Waals surface area (Å²) in [5.74, 6) is -0.923. The largest absolute Gasteiger partial charge is 0.462 e. The van der Waals surface area contributed by atoms with Crippen LogP contribution in [-0.2, 0) is 28.6 Å². The molecule has 0 radical (unpaired) electrons. The van der Waals surface area contributed by atoms with Crippen LogP contribution in [0, 0.1) is 0 Å². The molecule has 0 aliphatic heterocycles. The molecular formula is C57H98O6. The molecule has 0 aliphatic rings. The fraction of sp³-hybridized carbons (Fsp3) is 0.737. The number of esters is 3. The van der Waals surface area contributed by atoms with Gasteiger partial charge in [0.1, 0.15) is 13.2 Å². The Kier molecular flexibility index (Phi) is 48.9. The van der Waals surface area contributed by atoms with E-state index in [1.807, 2.05) is 0 Å². The summed E-state index contributed by atoms with van der Waals surface area (Å²) >= 11 is 0. The van der Waals surface area contributed by atoms with Gasteiger partial charge in [0, 0.05) is 19.3 Å². The highest BCUT2D eigenvalue weighted by Gasteiger charge is 2.19. The van der Waals surface area contributed by atoms with Crippen LogP contribution in [0.25, 0.3) is 0 Å². The van der Waals surface area contributed by atoms with Gasteiger partial charge in [-0.15, -0.1) is 0 Å². The molecule has 0 saturated carbocycles. The number of allylic oxidation sites excluding steroid dienone is 12. The summed E-state index contributed by atoms with van der Waals surface area (Å²) in [5, 5.41) is 0. The fourth-order valence-corrected chi connectivity index (χ4v) is 7.16. The molecule has 0 spiro atoms. The Labute approximate surface area is 389 Å². The van der Waals surface area contributed by atoms with Crippen molar-refractivity contribution in [1.29, 1.82) is 0 Å². The zero-order valence-electron chi connectivity index (χ0n) is 41.3. The molecule has 6 nitrogen and oxygen atoms in total. The van der Waals surface area contributed by atoms with Crippen LogP contribution in [0.5, 0.6) is 0 Å². The van der Waals surface area contributed by atoms with Crippen LogP contribution in [-0.4, -0.2) is 37.2 Å². The van der Waals surface area contributed by atoms with E-state index in [-0.39, 0.29) is 31.1 Å². The van der Waals surface area contributed by atoms with Crippen LogP contribution < -0.4 is 0 Å². The molecule has 1 atom stereocenters. The third kappa shape index (κ3) is 49.7. The smallest absolute Gasteiger partial charge is 0.306 e. The summed E-state index contributed by atoms with van der Waals surface area (Å²) in [6.45, 7) is 6.53. The van der Waals surface area contributed by atoms with Crippen molar-refractivity contribution in [3.63, 3.8) is 0 Å². The Bertz CT molecular complexity index is 1190. The quantitative estimate of drug-likeness (QED) is 0.0262. The van der Waals surface area contributed by atoms with E-state index < -0.39 is 6.10 Å². The van der Waals surface area contributed by atoms with Crippen molar-refractivity contribution >= 4 is 17.9 Å². The van der Waals surface area contributed by atoms with Crippen molar-refractivity contribution in [2.75, 3.05) is 13.2 Å². The average molecular weight is 879 g/mol. The van der Waals surface area contributed by atoms with E-state index in [1.54, 1.807) is 0 Å². The lowest BCUT2D eigenvalue weighted by Gasteiger charge is -2.18. The number of carbonyl (C=O) groups excluding carboxylic acids is 3. The third-order valence-electron chi connectivity index (χ3n) is 11.2. The summed E-state index contributed by atoms with van der Waals surface area (Å²) < 4.78 is 16.8. The van der Waals surface area contributed by atoms with Crippen molar-refractivity contribution in [2.45, 2.75) is 258 Å². The number of hydrogen-bond donors (Lipinski definition) is 0. The lowest BCUT2D eigenvalue weighted by Crippen LogP contribution is -2.30. The normalized spacial score (nSPS) is 12.6. The van der Waals surface area contributed by atoms with Crippen LogP contribution in [0.4, 0.5) is 0 Å². The molecule has 0 aliphatic carbocycles. The number of carbonyl (C=O) groups is 3. The van der Waals surface area contributed by atoms with Gasteiger partial charge in [-0.2, -0.15) is 0 Å². The first-order valence-electron chi connectivity index (χ1n) is 26.4. The Morgan fingerprint density at radius 1 is 0.317 bits per heavy atom. The van der Waals surface area contributed by atoms with Gasteiger partial charge in [-0.25, -0.2) is 0 Å². The van der Waals surface area contributed by atoms with Crippen molar-refractivity contribution in [3.8, 4) is 0 Å². The second-order valence-corrected chi connectivity index (χ2v) is 17.4. The summed E-state index contributed by atoms with van der Waals surface area (Å²) in [6.07, 6.45) is 64.5. The Morgan fingerprint density at radius 3 is 0.921 bits per heavy atom. The fourth-order valence-electron chi connectivity index (χ4n) is 7.16. The molecule has 6 heteroatoms. The molecule has 0 saturated heterocycles. The van der Waals surface area contributed by atoms with Gasteiger partial charge in [0.05, 0.1) is 0 Å². The first kappa shape index (κ1) is 59.9. The Balaban J connectivity index is 4.38. The monoisotopic (exact) mass is 879 g/mol. The molecule has 0 heterocycles. The highest BCUT2D eigenvalue weighted by Crippen LogP contribution is 2.14. The van der Waals surface area contributed by atoms with E-state index >= 15 is 0 Å². The predicted octanol–water partition coefficient (Wildman–Crippen LogP) is 17.4. The average Bonchev–Trinajstić information content (AvgIpc) is 3.28. The molecule has 0 fully saturated rings. The van der Waals surface area contributed by atoms with Crippen molar-refractivity contribution in [1.82, 2.24) is 0 Å². The van der Waals surface area contributed by atoms with E-state index in [0.717, 1.165) is 103 Å². The predicted molar refractivity (Wildman–Crippen MR) is 270 cm³/mol. The zero-order chi connectivity index (χ0) is 45.8. The minimum Gasteiger partial charge on any atom is -0.462 e. The SMILES string of the molecule is CCCCC/C=C\C/C=C\C/C=C\CCCCCCCCC(=O)OC[C@@H](COC(=O)CCCCCCCCCCC)OC(=O)CCCCCC/C=C\C/C=C\C/C=C\CCCCC. The van der Waals surface area contributed by atoms with E-state index in [2.05, 4.69) is 93.7 Å². The molecule has 0 bridgehead atoms. The highest BCUT2D eigenvalue weighted by molar-refractivity contribution is 5.71. The molecule has 0 unspecified atom stereocenters. The molecule has 63 heavy (non-hydrogen) atoms. The first-order valence-corrected chi connectivity index (χ1v) is 26.4. The summed E-state index contributed by atoms with van der Waals surface area (Å²) in [5.41, 5.74) is 0. The highest BCUT2D eigenvalue weighted by atomic mass is 16.6. The van der Waals surface area contributed by atoms with Crippen LogP contribution in [0.15, 0.2) is 72.9 Å². The van der Waals surface area contributed by atoms with Gasteiger partial charge in [0.25, 0.3) is 0 Å². The van der Waals surface area contributed by atoms with Gasteiger partial charge in [0.2, 0.25) is 0 Å². The van der Waals surface area contributed by atoms with E-state index in [1.165, 1.54) is 109 Å². The maximum Gasteiger partial charge on any atom is 0.306 e. The van der Waals surface area contributed by atoms with Crippen LogP contribution >= 0.6 is 0 Å². The molecule has 0 rings (SSSR count). The zero-order valence-corrected chi connectivity index (χ0v) is 41.3. The molecule has 0 amide bonds. The maximum absolute atomic E-state index is 12.8. The maximum atomic E-state index is 12.8. The topological polar surface area (TPSA) is 78.9 Å². The first-order chi connectivity index (χ1) is 31.0. The summed E-state index contributed by atoms with van der Waals surface area (Å²) in [7, 11) is 0. The van der Waals surface area contributed by atoms with Gasteiger partial charge in [-0.05, 0) is 96.3 Å². The summed E-state index contributed by atoms with van der Waals surface area (Å²) in [4.78, 5) is 37.9. The van der Waals surface area contributed by atoms with Crippen LogP contribution in [0.1, 0.15) is 252 Å². The number of unbranched alkanes of at least 4 members (excludes halogenated alkanes) is 24. The standard InChI is InChI=1S/C57H98O6/c1-4-7-10-13-16-19-21-23-25-27-28-30-31-33-35-38-41-44-47-50-56(59)62-53-54(52-61-55(58)49-46-43-40-37-18-15-12-9-6-3)63-57(60)51-48-45-42-39-36-34-32-29-26-24-22-20-17-14-11-8-5-2/h16-17,19-20,23-26,28,30,32,34,54H,4-15,18,21-22,27,29,31,33,35-53H2,1-3H3/b19-16-,20-17-,25-23-,26-24-,30-28-,34-32-/t54-/m1/s1. The molecular weight excluding hydrogens is 781 g/mol. The lowest BCUT2D eigenvalue weighted by atomic mass is 10.1. The van der Waals surface area contributed by atoms with Gasteiger partial charge < -0.3 is 14.2 Å². The Hall–Kier alpha value is -3.15. The molecule has 362 valence electrons. The molecule has 0 aromatic heterocycles. The van der Waals surface area contributed by atoms with E-state index in [9.17, 15) is 14.4 Å². The summed E-state index contributed by atoms with van der Waals surface area (Å²) in [6, 6.07) is 0. The number of rotatable bonds is 47. The lowest BCUT2D eigenvalue weighted by molar-refractivity contribution is -0.167. The van der Waals surface area contributed by atoms with Gasteiger partial charge in [-0.1, -0.05) is 209 Å². The minimum atomic E-state index is -0.790. The van der Waals surface area contributed by atoms with Crippen LogP contribution in [0.3, 0.4) is 0 Å². The van der Waals surface area contributed by atoms with Gasteiger partial charge >= 0.3 is 17.9 Å². The van der Waals surface area contributed by atoms with Gasteiger partial charge in [-0.3, -0.25) is 14.4 Å². The Morgan fingerprint density at radius 2 is 0.571 bits per heavy atom. The number of ether oxygens (including phenoxy) is 3. The van der Waals surface area contributed by atoms with Crippen molar-refractivity contribution in [2.24, 2.45) is 0 Å². The molecule has 0 N–H and O–H groups in total. The third-order valence-corrected chi connectivity index (χ3v) is 11.2. The van der Waals surface area contributed by atoms with Crippen molar-refractivity contribution in [3.05, 3.63) is 72.9 Å². The van der Waals surface area contributed by atoms with E-state index in [0.29, 0.717) is 19.3 Å².